The zero-order valence-electron chi connectivity index (χ0n) is 15.9. The first kappa shape index (κ1) is 22.0. The molecule has 0 heterocycles. The Hall–Kier alpha value is -2.04. The smallest absolute Gasteiger partial charge is 0.224 e. The van der Waals surface area contributed by atoms with Crippen LogP contribution in [0.25, 0.3) is 0 Å². The second-order valence-corrected chi connectivity index (χ2v) is 6.72. The highest BCUT2D eigenvalue weighted by Crippen LogP contribution is 2.19. The molecule has 3 unspecified atom stereocenters. The molecule has 3 N–H and O–H groups in total. The molecule has 0 aromatic heterocycles. The minimum atomic E-state index is -0.209. The SMILES string of the molecule is Cc1cccc(COc2ccc(C(C)NC(=O)C(C)C(C)N)cc2)c1.Cl. The highest BCUT2D eigenvalue weighted by atomic mass is 35.5. The van der Waals surface area contributed by atoms with Crippen molar-refractivity contribution in [3.63, 3.8) is 0 Å². The van der Waals surface area contributed by atoms with Crippen molar-refractivity contribution >= 4 is 18.3 Å². The minimum Gasteiger partial charge on any atom is -0.489 e. The first-order valence-corrected chi connectivity index (χ1v) is 8.71. The summed E-state index contributed by atoms with van der Waals surface area (Å²) in [6, 6.07) is 15.9. The van der Waals surface area contributed by atoms with Gasteiger partial charge in [0.25, 0.3) is 0 Å². The molecule has 2 rings (SSSR count). The molecule has 0 fully saturated rings. The molecule has 0 saturated carbocycles. The quantitative estimate of drug-likeness (QED) is 0.762. The van der Waals surface area contributed by atoms with Crippen molar-refractivity contribution in [3.8, 4) is 5.75 Å². The van der Waals surface area contributed by atoms with Crippen molar-refractivity contribution in [3.05, 3.63) is 65.2 Å². The van der Waals surface area contributed by atoms with Crippen LogP contribution in [0.1, 0.15) is 43.5 Å². The van der Waals surface area contributed by atoms with Gasteiger partial charge in [-0.15, -0.1) is 12.4 Å². The van der Waals surface area contributed by atoms with E-state index in [0.717, 1.165) is 16.9 Å². The highest BCUT2D eigenvalue weighted by Gasteiger charge is 2.19. The summed E-state index contributed by atoms with van der Waals surface area (Å²) in [5.74, 6) is 0.578. The molecule has 142 valence electrons. The van der Waals surface area contributed by atoms with E-state index >= 15 is 0 Å². The number of carbonyl (C=O) groups excluding carboxylic acids is 1. The summed E-state index contributed by atoms with van der Waals surface area (Å²) in [7, 11) is 0. The molecule has 0 radical (unpaired) electrons. The lowest BCUT2D eigenvalue weighted by Gasteiger charge is -2.20. The number of benzene rings is 2. The van der Waals surface area contributed by atoms with Crippen LogP contribution in [0.4, 0.5) is 0 Å². The van der Waals surface area contributed by atoms with Crippen LogP contribution >= 0.6 is 12.4 Å². The Morgan fingerprint density at radius 3 is 2.35 bits per heavy atom. The van der Waals surface area contributed by atoms with Gasteiger partial charge in [0.1, 0.15) is 12.4 Å². The van der Waals surface area contributed by atoms with Crippen LogP contribution < -0.4 is 15.8 Å². The molecular weight excluding hydrogens is 348 g/mol. The Morgan fingerprint density at radius 2 is 1.77 bits per heavy atom. The third kappa shape index (κ3) is 6.36. The van der Waals surface area contributed by atoms with Crippen molar-refractivity contribution in [2.75, 3.05) is 0 Å². The number of carbonyl (C=O) groups is 1. The summed E-state index contributed by atoms with van der Waals surface area (Å²) >= 11 is 0. The lowest BCUT2D eigenvalue weighted by atomic mass is 10.0. The number of hydrogen-bond donors (Lipinski definition) is 2. The maximum absolute atomic E-state index is 12.1. The fourth-order valence-electron chi connectivity index (χ4n) is 2.49. The molecule has 0 spiro atoms. The Balaban J connectivity index is 0.00000338. The highest BCUT2D eigenvalue weighted by molar-refractivity contribution is 5.85. The number of halogens is 1. The lowest BCUT2D eigenvalue weighted by Crippen LogP contribution is -2.39. The topological polar surface area (TPSA) is 64.3 Å². The molecule has 3 atom stereocenters. The number of hydrogen-bond acceptors (Lipinski definition) is 3. The molecule has 0 aliphatic carbocycles. The van der Waals surface area contributed by atoms with Crippen LogP contribution in [0.5, 0.6) is 5.75 Å². The minimum absolute atomic E-state index is 0. The van der Waals surface area contributed by atoms with Crippen LogP contribution in [0.2, 0.25) is 0 Å². The van der Waals surface area contributed by atoms with Gasteiger partial charge in [0.15, 0.2) is 0 Å². The maximum atomic E-state index is 12.1. The second-order valence-electron chi connectivity index (χ2n) is 6.72. The average molecular weight is 377 g/mol. The van der Waals surface area contributed by atoms with E-state index in [4.69, 9.17) is 10.5 Å². The van der Waals surface area contributed by atoms with Crippen molar-refractivity contribution in [2.24, 2.45) is 11.7 Å². The molecule has 26 heavy (non-hydrogen) atoms. The molecule has 4 nitrogen and oxygen atoms in total. The van der Waals surface area contributed by atoms with Crippen molar-refractivity contribution in [1.82, 2.24) is 5.32 Å². The zero-order valence-corrected chi connectivity index (χ0v) is 16.7. The third-order valence-electron chi connectivity index (χ3n) is 4.43. The van der Waals surface area contributed by atoms with Gasteiger partial charge in [-0.2, -0.15) is 0 Å². The van der Waals surface area contributed by atoms with Gasteiger partial charge in [-0.25, -0.2) is 0 Å². The van der Waals surface area contributed by atoms with Gasteiger partial charge >= 0.3 is 0 Å². The average Bonchev–Trinajstić information content (AvgIpc) is 2.59. The molecule has 2 aromatic rings. The van der Waals surface area contributed by atoms with Crippen LogP contribution in [-0.4, -0.2) is 11.9 Å². The second kappa shape index (κ2) is 10.2. The molecule has 2 aromatic carbocycles. The molecule has 0 saturated heterocycles. The third-order valence-corrected chi connectivity index (χ3v) is 4.43. The lowest BCUT2D eigenvalue weighted by molar-refractivity contribution is -0.125. The Morgan fingerprint density at radius 1 is 1.12 bits per heavy atom. The van der Waals surface area contributed by atoms with Gasteiger partial charge in [-0.1, -0.05) is 48.9 Å². The first-order chi connectivity index (χ1) is 11.9. The monoisotopic (exact) mass is 376 g/mol. The van der Waals surface area contributed by atoms with Crippen molar-refractivity contribution in [1.29, 1.82) is 0 Å². The van der Waals surface area contributed by atoms with Gasteiger partial charge in [0.2, 0.25) is 5.91 Å². The normalized spacial score (nSPS) is 13.9. The number of nitrogens with two attached hydrogens (primary N) is 1. The van der Waals surface area contributed by atoms with Gasteiger partial charge in [0, 0.05) is 12.0 Å². The van der Waals surface area contributed by atoms with Crippen LogP contribution in [0, 0.1) is 12.8 Å². The standard InChI is InChI=1S/C21H28N2O2.ClH/c1-14-6-5-7-18(12-14)13-25-20-10-8-19(9-11-20)17(4)23-21(24)15(2)16(3)22;/h5-12,15-17H,13,22H2,1-4H3,(H,23,24);1H. The Labute approximate surface area is 162 Å². The number of nitrogens with one attached hydrogen (secondary N) is 1. The van der Waals surface area contributed by atoms with E-state index in [1.54, 1.807) is 0 Å². The van der Waals surface area contributed by atoms with E-state index in [9.17, 15) is 4.79 Å². The van der Waals surface area contributed by atoms with Crippen LogP contribution in [-0.2, 0) is 11.4 Å². The van der Waals surface area contributed by atoms with Crippen LogP contribution in [0.15, 0.2) is 48.5 Å². The largest absolute Gasteiger partial charge is 0.489 e. The summed E-state index contributed by atoms with van der Waals surface area (Å²) in [4.78, 5) is 12.1. The molecular formula is C21H29ClN2O2. The number of amides is 1. The zero-order chi connectivity index (χ0) is 18.4. The van der Waals surface area contributed by atoms with Gasteiger partial charge in [0.05, 0.1) is 6.04 Å². The Kier molecular flexibility index (Phi) is 8.62. The first-order valence-electron chi connectivity index (χ1n) is 8.71. The van der Waals surface area contributed by atoms with Crippen molar-refractivity contribution in [2.45, 2.75) is 46.4 Å². The molecule has 0 aliphatic rings. The molecule has 0 aliphatic heterocycles. The van der Waals surface area contributed by atoms with Gasteiger partial charge in [-0.05, 0) is 44.0 Å². The van der Waals surface area contributed by atoms with Crippen LogP contribution in [0.3, 0.4) is 0 Å². The molecule has 0 bridgehead atoms. The number of ether oxygens (including phenoxy) is 1. The van der Waals surface area contributed by atoms with E-state index in [1.165, 1.54) is 5.56 Å². The van der Waals surface area contributed by atoms with E-state index in [0.29, 0.717) is 6.61 Å². The van der Waals surface area contributed by atoms with E-state index in [-0.39, 0.29) is 36.3 Å². The fourth-order valence-corrected chi connectivity index (χ4v) is 2.49. The Bertz CT molecular complexity index is 701. The van der Waals surface area contributed by atoms with E-state index < -0.39 is 0 Å². The maximum Gasteiger partial charge on any atom is 0.224 e. The number of aryl methyl sites for hydroxylation is 1. The summed E-state index contributed by atoms with van der Waals surface area (Å²) in [6.07, 6.45) is 0. The summed E-state index contributed by atoms with van der Waals surface area (Å²) < 4.78 is 5.83. The predicted octanol–water partition coefficient (Wildman–Crippen LogP) is 4.16. The summed E-state index contributed by atoms with van der Waals surface area (Å²) in [5, 5.41) is 3.00. The molecule has 5 heteroatoms. The summed E-state index contributed by atoms with van der Waals surface area (Å²) in [6.45, 7) is 8.26. The van der Waals surface area contributed by atoms with E-state index in [1.807, 2.05) is 51.1 Å². The summed E-state index contributed by atoms with van der Waals surface area (Å²) in [5.41, 5.74) is 9.19. The number of rotatable bonds is 7. The van der Waals surface area contributed by atoms with Gasteiger partial charge < -0.3 is 15.8 Å². The molecule has 1 amide bonds. The van der Waals surface area contributed by atoms with Gasteiger partial charge in [-0.3, -0.25) is 4.79 Å². The van der Waals surface area contributed by atoms with Crippen molar-refractivity contribution < 1.29 is 9.53 Å². The van der Waals surface area contributed by atoms with E-state index in [2.05, 4.69) is 30.4 Å². The predicted molar refractivity (Wildman–Crippen MR) is 109 cm³/mol. The fraction of sp³-hybridized carbons (Fsp3) is 0.381.